The Morgan fingerprint density at radius 1 is 1.21 bits per heavy atom. The Labute approximate surface area is 173 Å². The highest BCUT2D eigenvalue weighted by Crippen LogP contribution is 2.14. The third-order valence-electron chi connectivity index (χ3n) is 5.04. The van der Waals surface area contributed by atoms with Gasteiger partial charge in [0.15, 0.2) is 5.96 Å². The van der Waals surface area contributed by atoms with E-state index in [1.165, 1.54) is 5.56 Å². The number of hydrogen-bond acceptors (Lipinski definition) is 4. The highest BCUT2D eigenvalue weighted by atomic mass is 16.5. The van der Waals surface area contributed by atoms with Gasteiger partial charge in [0.1, 0.15) is 0 Å². The van der Waals surface area contributed by atoms with Crippen LogP contribution in [0.5, 0.6) is 0 Å². The summed E-state index contributed by atoms with van der Waals surface area (Å²) in [6.07, 6.45) is 8.09. The molecule has 1 saturated heterocycles. The van der Waals surface area contributed by atoms with Crippen LogP contribution in [0.3, 0.4) is 0 Å². The molecule has 29 heavy (non-hydrogen) atoms. The number of guanidine groups is 1. The normalized spacial score (nSPS) is 15.4. The molecule has 0 spiro atoms. The summed E-state index contributed by atoms with van der Waals surface area (Å²) >= 11 is 0. The fourth-order valence-electron chi connectivity index (χ4n) is 3.30. The molecule has 7 nitrogen and oxygen atoms in total. The van der Waals surface area contributed by atoms with Crippen molar-refractivity contribution in [1.29, 1.82) is 0 Å². The maximum atomic E-state index is 5.80. The molecule has 0 amide bonds. The van der Waals surface area contributed by atoms with E-state index in [4.69, 9.17) is 9.47 Å². The first-order valence-electron chi connectivity index (χ1n) is 10.5. The Kier molecular flexibility index (Phi) is 9.00. The molecule has 1 fully saturated rings. The topological polar surface area (TPSA) is 72.7 Å². The minimum Gasteiger partial charge on any atom is -0.381 e. The van der Waals surface area contributed by atoms with E-state index in [0.29, 0.717) is 5.92 Å². The van der Waals surface area contributed by atoms with Crippen LogP contribution < -0.4 is 10.6 Å². The average Bonchev–Trinajstić information content (AvgIpc) is 3.25. The number of aliphatic imine (C=N–C) groups is 1. The summed E-state index contributed by atoms with van der Waals surface area (Å²) in [5.74, 6) is 1.49. The van der Waals surface area contributed by atoms with Crippen molar-refractivity contribution in [3.8, 4) is 5.69 Å². The third-order valence-corrected chi connectivity index (χ3v) is 5.04. The highest BCUT2D eigenvalue weighted by molar-refractivity contribution is 5.79. The molecule has 1 aliphatic heterocycles. The van der Waals surface area contributed by atoms with Gasteiger partial charge in [-0.1, -0.05) is 18.2 Å². The average molecular weight is 400 g/mol. The van der Waals surface area contributed by atoms with Crippen LogP contribution in [-0.2, 0) is 15.9 Å². The van der Waals surface area contributed by atoms with Crippen LogP contribution >= 0.6 is 0 Å². The minimum atomic E-state index is 0.664. The van der Waals surface area contributed by atoms with Gasteiger partial charge in [0.05, 0.1) is 11.9 Å². The predicted octanol–water partition coefficient (Wildman–Crippen LogP) is 2.41. The van der Waals surface area contributed by atoms with Gasteiger partial charge in [-0.15, -0.1) is 0 Å². The van der Waals surface area contributed by atoms with Crippen LogP contribution in [0.15, 0.2) is 47.7 Å². The van der Waals surface area contributed by atoms with Crippen LogP contribution in [0.2, 0.25) is 0 Å². The van der Waals surface area contributed by atoms with Crippen molar-refractivity contribution in [2.24, 2.45) is 10.9 Å². The van der Waals surface area contributed by atoms with Gasteiger partial charge in [0, 0.05) is 52.8 Å². The lowest BCUT2D eigenvalue weighted by Crippen LogP contribution is -2.39. The largest absolute Gasteiger partial charge is 0.381 e. The zero-order chi connectivity index (χ0) is 20.2. The van der Waals surface area contributed by atoms with E-state index in [1.54, 1.807) is 7.05 Å². The van der Waals surface area contributed by atoms with E-state index in [1.807, 2.05) is 41.2 Å². The van der Waals surface area contributed by atoms with Gasteiger partial charge in [-0.25, -0.2) is 4.68 Å². The predicted molar refractivity (Wildman–Crippen MR) is 116 cm³/mol. The second-order valence-corrected chi connectivity index (χ2v) is 7.29. The number of benzene rings is 1. The van der Waals surface area contributed by atoms with Crippen LogP contribution in [0.25, 0.3) is 5.69 Å². The van der Waals surface area contributed by atoms with E-state index in [9.17, 15) is 0 Å². The molecule has 1 aliphatic rings. The fraction of sp³-hybridized carbons (Fsp3) is 0.545. The van der Waals surface area contributed by atoms with E-state index in [-0.39, 0.29) is 0 Å². The molecule has 3 rings (SSSR count). The summed E-state index contributed by atoms with van der Waals surface area (Å²) in [6, 6.07) is 10.1. The maximum absolute atomic E-state index is 5.80. The molecule has 2 heterocycles. The Balaban J connectivity index is 1.26. The van der Waals surface area contributed by atoms with Crippen LogP contribution in [0.4, 0.5) is 0 Å². The molecule has 0 unspecified atom stereocenters. The second-order valence-electron chi connectivity index (χ2n) is 7.29. The standard InChI is InChI=1S/C22H33N5O2/c1-23-22(24-11-5-13-29-18-19-9-14-28-15-10-19)25-12-8-20-16-26-27(17-20)21-6-3-2-4-7-21/h2-4,6-7,16-17,19H,5,8-15,18H2,1H3,(H2,23,24,25). The summed E-state index contributed by atoms with van der Waals surface area (Å²) in [5, 5.41) is 11.1. The van der Waals surface area contributed by atoms with Crippen molar-refractivity contribution in [2.75, 3.05) is 46.6 Å². The lowest BCUT2D eigenvalue weighted by molar-refractivity contribution is 0.0203. The van der Waals surface area contributed by atoms with Gasteiger partial charge in [0.25, 0.3) is 0 Å². The van der Waals surface area contributed by atoms with Crippen molar-refractivity contribution in [1.82, 2.24) is 20.4 Å². The van der Waals surface area contributed by atoms with Gasteiger partial charge in [-0.2, -0.15) is 5.10 Å². The number of ether oxygens (including phenoxy) is 2. The molecule has 2 N–H and O–H groups in total. The number of aromatic nitrogens is 2. The molecule has 0 radical (unpaired) electrons. The first-order valence-corrected chi connectivity index (χ1v) is 10.5. The number of nitrogens with zero attached hydrogens (tertiary/aromatic N) is 3. The Morgan fingerprint density at radius 2 is 2.00 bits per heavy atom. The number of nitrogens with one attached hydrogen (secondary N) is 2. The molecule has 158 valence electrons. The van der Waals surface area contributed by atoms with Crippen LogP contribution in [-0.4, -0.2) is 62.3 Å². The van der Waals surface area contributed by atoms with E-state index >= 15 is 0 Å². The van der Waals surface area contributed by atoms with Gasteiger partial charge in [0.2, 0.25) is 0 Å². The van der Waals surface area contributed by atoms with Gasteiger partial charge >= 0.3 is 0 Å². The SMILES string of the molecule is CN=C(NCCCOCC1CCOCC1)NCCc1cnn(-c2ccccc2)c1. The quantitative estimate of drug-likeness (QED) is 0.365. The Bertz CT molecular complexity index is 726. The fourth-order valence-corrected chi connectivity index (χ4v) is 3.30. The highest BCUT2D eigenvalue weighted by Gasteiger charge is 2.13. The van der Waals surface area contributed by atoms with Crippen LogP contribution in [0.1, 0.15) is 24.8 Å². The smallest absolute Gasteiger partial charge is 0.190 e. The maximum Gasteiger partial charge on any atom is 0.190 e. The molecule has 1 aromatic heterocycles. The molecular formula is C22H33N5O2. The summed E-state index contributed by atoms with van der Waals surface area (Å²) in [4.78, 5) is 4.28. The van der Waals surface area contributed by atoms with E-state index in [2.05, 4.69) is 26.9 Å². The molecule has 0 atom stereocenters. The second kappa shape index (κ2) is 12.2. The molecule has 0 aliphatic carbocycles. The van der Waals surface area contributed by atoms with Crippen molar-refractivity contribution in [2.45, 2.75) is 25.7 Å². The molecule has 2 aromatic rings. The summed E-state index contributed by atoms with van der Waals surface area (Å²) < 4.78 is 13.1. The van der Waals surface area contributed by atoms with Gasteiger partial charge < -0.3 is 20.1 Å². The zero-order valence-electron chi connectivity index (χ0n) is 17.3. The van der Waals surface area contributed by atoms with Crippen molar-refractivity contribution >= 4 is 5.96 Å². The third kappa shape index (κ3) is 7.51. The first kappa shape index (κ1) is 21.3. The Morgan fingerprint density at radius 3 is 2.79 bits per heavy atom. The number of hydrogen-bond donors (Lipinski definition) is 2. The molecule has 7 heteroatoms. The van der Waals surface area contributed by atoms with Crippen molar-refractivity contribution in [3.63, 3.8) is 0 Å². The van der Waals surface area contributed by atoms with Gasteiger partial charge in [-0.05, 0) is 49.3 Å². The van der Waals surface area contributed by atoms with E-state index in [0.717, 1.165) is 76.8 Å². The first-order chi connectivity index (χ1) is 14.3. The summed E-state index contributed by atoms with van der Waals surface area (Å²) in [6.45, 7) is 5.04. The molecule has 1 aromatic carbocycles. The lowest BCUT2D eigenvalue weighted by atomic mass is 10.0. The summed E-state index contributed by atoms with van der Waals surface area (Å²) in [5.41, 5.74) is 2.27. The monoisotopic (exact) mass is 399 g/mol. The number of rotatable bonds is 10. The molecule has 0 saturated carbocycles. The Hall–Kier alpha value is -2.38. The zero-order valence-corrected chi connectivity index (χ0v) is 17.3. The van der Waals surface area contributed by atoms with Crippen LogP contribution in [0, 0.1) is 5.92 Å². The van der Waals surface area contributed by atoms with Gasteiger partial charge in [-0.3, -0.25) is 4.99 Å². The number of para-hydroxylation sites is 1. The summed E-state index contributed by atoms with van der Waals surface area (Å²) in [7, 11) is 1.80. The van der Waals surface area contributed by atoms with E-state index < -0.39 is 0 Å². The van der Waals surface area contributed by atoms with Crippen molar-refractivity contribution in [3.05, 3.63) is 48.3 Å². The lowest BCUT2D eigenvalue weighted by Gasteiger charge is -2.21. The van der Waals surface area contributed by atoms with Crippen molar-refractivity contribution < 1.29 is 9.47 Å². The molecular weight excluding hydrogens is 366 g/mol. The minimum absolute atomic E-state index is 0.664. The molecule has 0 bridgehead atoms.